The summed E-state index contributed by atoms with van der Waals surface area (Å²) in [6.45, 7) is 6.46. The minimum atomic E-state index is -3.02. The molecule has 0 unspecified atom stereocenters. The van der Waals surface area contributed by atoms with E-state index in [0.29, 0.717) is 0 Å². The topological polar surface area (TPSA) is 49.0 Å². The molecule has 1 N–H and O–H groups in total. The number of amides is 1. The van der Waals surface area contributed by atoms with Gasteiger partial charge in [-0.2, -0.15) is 9.49 Å². The minimum Gasteiger partial charge on any atom is -0.331 e. The van der Waals surface area contributed by atoms with Gasteiger partial charge in [0.1, 0.15) is 11.3 Å². The van der Waals surface area contributed by atoms with E-state index in [1.807, 2.05) is 29.4 Å². The lowest BCUT2D eigenvalue weighted by atomic mass is 9.83. The van der Waals surface area contributed by atoms with E-state index in [1.54, 1.807) is 0 Å². The molecule has 1 fully saturated rings. The third-order valence-corrected chi connectivity index (χ3v) is 4.59. The zero-order chi connectivity index (χ0) is 19.1. The van der Waals surface area contributed by atoms with Crippen LogP contribution in [0.5, 0.6) is 0 Å². The molecule has 0 atom stereocenters. The highest BCUT2D eigenvalue weighted by Crippen LogP contribution is 2.34. The Hall–Kier alpha value is -2.31. The number of hydrogen-bond donors (Lipinski definition) is 1. The highest BCUT2D eigenvalue weighted by molar-refractivity contribution is 5.95. The highest BCUT2D eigenvalue weighted by atomic mass is 19.3. The summed E-state index contributed by atoms with van der Waals surface area (Å²) in [7, 11) is 0. The zero-order valence-electron chi connectivity index (χ0n) is 15.0. The summed E-state index contributed by atoms with van der Waals surface area (Å²) in [5.74, 6) is -1.85. The first-order chi connectivity index (χ1) is 12.2. The van der Waals surface area contributed by atoms with Crippen molar-refractivity contribution in [3.05, 3.63) is 52.6 Å². The fourth-order valence-corrected chi connectivity index (χ4v) is 3.16. The monoisotopic (exact) mass is 365 g/mol. The van der Waals surface area contributed by atoms with Gasteiger partial charge >= 0.3 is 0 Å². The number of halogens is 3. The predicted molar refractivity (Wildman–Crippen MR) is 91.5 cm³/mol. The Morgan fingerprint density at radius 3 is 2.54 bits per heavy atom. The maximum Gasteiger partial charge on any atom is 0.283 e. The van der Waals surface area contributed by atoms with E-state index in [2.05, 4.69) is 25.9 Å². The Kier molecular flexibility index (Phi) is 4.82. The Balaban J connectivity index is 1.95. The molecule has 1 saturated carbocycles. The van der Waals surface area contributed by atoms with Crippen molar-refractivity contribution in [1.29, 1.82) is 0 Å². The molecule has 4 nitrogen and oxygen atoms in total. The summed E-state index contributed by atoms with van der Waals surface area (Å²) in [6.07, 6.45) is -1.45. The Labute approximate surface area is 150 Å². The number of aromatic amines is 1. The molecule has 0 aliphatic heterocycles. The van der Waals surface area contributed by atoms with Crippen molar-refractivity contribution in [2.75, 3.05) is 0 Å². The number of carbonyl (C=O) groups is 1. The number of benzene rings is 1. The molecule has 140 valence electrons. The molecule has 0 radical (unpaired) electrons. The molecule has 3 rings (SSSR count). The van der Waals surface area contributed by atoms with Crippen molar-refractivity contribution < 1.29 is 18.0 Å². The highest BCUT2D eigenvalue weighted by Gasteiger charge is 2.38. The normalized spacial score (nSPS) is 14.7. The fraction of sp³-hybridized carbons (Fsp3) is 0.474. The number of aromatic nitrogens is 2. The van der Waals surface area contributed by atoms with Gasteiger partial charge in [0, 0.05) is 12.6 Å². The molecule has 1 aliphatic carbocycles. The van der Waals surface area contributed by atoms with Gasteiger partial charge in [-0.05, 0) is 29.4 Å². The summed E-state index contributed by atoms with van der Waals surface area (Å²) < 4.78 is 40.2. The second kappa shape index (κ2) is 6.78. The van der Waals surface area contributed by atoms with Gasteiger partial charge in [-0.15, -0.1) is 0 Å². The summed E-state index contributed by atoms with van der Waals surface area (Å²) in [4.78, 5) is 14.4. The van der Waals surface area contributed by atoms with E-state index in [0.717, 1.165) is 24.0 Å². The lowest BCUT2D eigenvalue weighted by Gasteiger charge is -2.28. The largest absolute Gasteiger partial charge is 0.331 e. The van der Waals surface area contributed by atoms with Crippen LogP contribution in [0.1, 0.15) is 67.2 Å². The summed E-state index contributed by atoms with van der Waals surface area (Å²) in [6, 6.07) is 7.66. The van der Waals surface area contributed by atoms with Gasteiger partial charge in [0.25, 0.3) is 12.3 Å². The van der Waals surface area contributed by atoms with Gasteiger partial charge in [0.05, 0.1) is 0 Å². The molecule has 26 heavy (non-hydrogen) atoms. The van der Waals surface area contributed by atoms with Crippen LogP contribution in [0.3, 0.4) is 0 Å². The number of hydrogen-bond acceptors (Lipinski definition) is 2. The van der Waals surface area contributed by atoms with Crippen LogP contribution in [0.4, 0.5) is 13.2 Å². The molecule has 0 bridgehead atoms. The summed E-state index contributed by atoms with van der Waals surface area (Å²) in [5, 5.41) is 5.13. The van der Waals surface area contributed by atoms with E-state index in [-0.39, 0.29) is 18.0 Å². The predicted octanol–water partition coefficient (Wildman–Crippen LogP) is 4.59. The van der Waals surface area contributed by atoms with Gasteiger partial charge in [0.2, 0.25) is 5.95 Å². The van der Waals surface area contributed by atoms with E-state index < -0.39 is 29.5 Å². The van der Waals surface area contributed by atoms with Gasteiger partial charge < -0.3 is 4.90 Å². The van der Waals surface area contributed by atoms with E-state index >= 15 is 0 Å². The summed E-state index contributed by atoms with van der Waals surface area (Å²) >= 11 is 0. The SMILES string of the molecule is CC(C)(C)c1ccccc1CN(C(=O)c1c(C(F)F)n[nH]c1F)C1CC1. The molecule has 0 spiro atoms. The van der Waals surface area contributed by atoms with Gasteiger partial charge in [-0.1, -0.05) is 45.0 Å². The van der Waals surface area contributed by atoms with Crippen LogP contribution < -0.4 is 0 Å². The van der Waals surface area contributed by atoms with Gasteiger partial charge in [-0.3, -0.25) is 9.89 Å². The van der Waals surface area contributed by atoms with Crippen molar-refractivity contribution in [2.24, 2.45) is 0 Å². The van der Waals surface area contributed by atoms with Crippen molar-refractivity contribution >= 4 is 5.91 Å². The van der Waals surface area contributed by atoms with E-state index in [4.69, 9.17) is 0 Å². The van der Waals surface area contributed by atoms with Crippen LogP contribution in [0.15, 0.2) is 24.3 Å². The Morgan fingerprint density at radius 2 is 1.96 bits per heavy atom. The van der Waals surface area contributed by atoms with Crippen LogP contribution in [0, 0.1) is 5.95 Å². The standard InChI is InChI=1S/C19H22F3N3O/c1-19(2,3)13-7-5-4-6-11(13)10-25(12-8-9-12)18(26)14-15(16(20)21)23-24-17(14)22/h4-7,12,16H,8-10H2,1-3H3,(H,23,24). The maximum absolute atomic E-state index is 14.0. The molecule has 1 aromatic heterocycles. The van der Waals surface area contributed by atoms with Crippen LogP contribution >= 0.6 is 0 Å². The molecular formula is C19H22F3N3O. The van der Waals surface area contributed by atoms with Crippen LogP contribution in [0.2, 0.25) is 0 Å². The minimum absolute atomic E-state index is 0.0599. The number of rotatable bonds is 5. The van der Waals surface area contributed by atoms with Crippen molar-refractivity contribution in [1.82, 2.24) is 15.1 Å². The van der Waals surface area contributed by atoms with E-state index in [9.17, 15) is 18.0 Å². The quantitative estimate of drug-likeness (QED) is 0.843. The maximum atomic E-state index is 14.0. The first kappa shape index (κ1) is 18.5. The molecule has 1 aromatic carbocycles. The number of nitrogens with zero attached hydrogens (tertiary/aromatic N) is 2. The number of alkyl halides is 2. The van der Waals surface area contributed by atoms with Gasteiger partial charge in [-0.25, -0.2) is 8.78 Å². The summed E-state index contributed by atoms with van der Waals surface area (Å²) in [5.41, 5.74) is 0.384. The van der Waals surface area contributed by atoms with Crippen LogP contribution in [-0.2, 0) is 12.0 Å². The molecule has 1 aliphatic rings. The average Bonchev–Trinajstić information content (AvgIpc) is 3.33. The van der Waals surface area contributed by atoms with E-state index in [1.165, 1.54) is 4.90 Å². The molecule has 1 amide bonds. The molecule has 0 saturated heterocycles. The molecule has 1 heterocycles. The Morgan fingerprint density at radius 1 is 1.31 bits per heavy atom. The van der Waals surface area contributed by atoms with Crippen LogP contribution in [0.25, 0.3) is 0 Å². The lowest BCUT2D eigenvalue weighted by molar-refractivity contribution is 0.0711. The molecule has 7 heteroatoms. The van der Waals surface area contributed by atoms with Crippen LogP contribution in [-0.4, -0.2) is 27.0 Å². The second-order valence-corrected chi connectivity index (χ2v) is 7.67. The molecule has 2 aromatic rings. The van der Waals surface area contributed by atoms with Crippen molar-refractivity contribution in [2.45, 2.75) is 58.0 Å². The third-order valence-electron chi connectivity index (χ3n) is 4.59. The number of H-pyrrole nitrogens is 1. The van der Waals surface area contributed by atoms with Crippen molar-refractivity contribution in [3.8, 4) is 0 Å². The lowest BCUT2D eigenvalue weighted by Crippen LogP contribution is -2.34. The second-order valence-electron chi connectivity index (χ2n) is 7.67. The van der Waals surface area contributed by atoms with Crippen molar-refractivity contribution in [3.63, 3.8) is 0 Å². The smallest absolute Gasteiger partial charge is 0.283 e. The Bertz CT molecular complexity index is 807. The number of carbonyl (C=O) groups excluding carboxylic acids is 1. The zero-order valence-corrected chi connectivity index (χ0v) is 15.0. The number of nitrogens with one attached hydrogen (secondary N) is 1. The fourth-order valence-electron chi connectivity index (χ4n) is 3.16. The average molecular weight is 365 g/mol. The first-order valence-corrected chi connectivity index (χ1v) is 8.61. The first-order valence-electron chi connectivity index (χ1n) is 8.61. The van der Waals surface area contributed by atoms with Gasteiger partial charge in [0.15, 0.2) is 0 Å². The third kappa shape index (κ3) is 3.61. The molecular weight excluding hydrogens is 343 g/mol.